The van der Waals surface area contributed by atoms with Crippen molar-refractivity contribution < 1.29 is 9.84 Å². The van der Waals surface area contributed by atoms with Gasteiger partial charge < -0.3 is 9.84 Å². The fourth-order valence-corrected chi connectivity index (χ4v) is 2.72. The molecule has 138 valence electrons. The van der Waals surface area contributed by atoms with E-state index in [0.717, 1.165) is 19.7 Å². The zero-order valence-corrected chi connectivity index (χ0v) is 15.8. The van der Waals surface area contributed by atoms with Crippen molar-refractivity contribution in [2.45, 2.75) is 84.2 Å². The molecule has 0 saturated carbocycles. The van der Waals surface area contributed by atoms with Gasteiger partial charge in [0.25, 0.3) is 0 Å². The summed E-state index contributed by atoms with van der Waals surface area (Å²) >= 11 is 0. The Labute approximate surface area is 145 Å². The van der Waals surface area contributed by atoms with E-state index in [9.17, 15) is 0 Å². The van der Waals surface area contributed by atoms with Crippen LogP contribution in [0, 0.1) is 0 Å². The minimum Gasteiger partial charge on any atom is -0.397 e. The number of rotatable bonds is 15. The third-order valence-corrected chi connectivity index (χ3v) is 4.08. The van der Waals surface area contributed by atoms with Gasteiger partial charge in [0.1, 0.15) is 0 Å². The largest absolute Gasteiger partial charge is 0.397 e. The first-order chi connectivity index (χ1) is 11.3. The Morgan fingerprint density at radius 3 is 1.91 bits per heavy atom. The molecule has 0 radical (unpaired) electrons. The molecule has 1 unspecified atom stereocenters. The maximum atomic E-state index is 7.57. The molecule has 0 amide bonds. The van der Waals surface area contributed by atoms with Gasteiger partial charge in [0.15, 0.2) is 0 Å². The lowest BCUT2D eigenvalue weighted by atomic mass is 10.1. The van der Waals surface area contributed by atoms with Crippen molar-refractivity contribution in [3.63, 3.8) is 0 Å². The molecule has 1 atom stereocenters. The van der Waals surface area contributed by atoms with Crippen molar-refractivity contribution in [3.05, 3.63) is 12.7 Å². The summed E-state index contributed by atoms with van der Waals surface area (Å²) in [5.41, 5.74) is 0. The summed E-state index contributed by atoms with van der Waals surface area (Å²) in [4.78, 5) is 2.48. The highest BCUT2D eigenvalue weighted by Crippen LogP contribution is 2.13. The molecule has 1 aliphatic rings. The zero-order valence-electron chi connectivity index (χ0n) is 15.8. The normalized spacial score (nSPS) is 16.1. The van der Waals surface area contributed by atoms with Gasteiger partial charge in [-0.05, 0) is 19.9 Å². The van der Waals surface area contributed by atoms with Crippen LogP contribution in [0.25, 0.3) is 0 Å². The molecule has 1 rings (SSSR count). The van der Waals surface area contributed by atoms with E-state index in [2.05, 4.69) is 18.4 Å². The number of hydrogen-bond acceptors (Lipinski definition) is 3. The molecule has 0 spiro atoms. The highest BCUT2D eigenvalue weighted by molar-refractivity contribution is 4.79. The van der Waals surface area contributed by atoms with E-state index in [4.69, 9.17) is 9.84 Å². The van der Waals surface area contributed by atoms with E-state index in [-0.39, 0.29) is 6.61 Å². The Bertz CT molecular complexity index is 242. The lowest BCUT2D eigenvalue weighted by molar-refractivity contribution is 0.257. The first-order valence-corrected chi connectivity index (χ1v) is 9.84. The summed E-state index contributed by atoms with van der Waals surface area (Å²) in [5.74, 6) is 0. The average Bonchev–Trinajstić information content (AvgIpc) is 3.34. The Morgan fingerprint density at radius 1 is 1.00 bits per heavy atom. The summed E-state index contributed by atoms with van der Waals surface area (Å²) in [6, 6.07) is 0. The number of aliphatic hydroxyl groups is 1. The summed E-state index contributed by atoms with van der Waals surface area (Å²) in [6.45, 7) is 12.3. The number of ether oxygens (including phenoxy) is 1. The van der Waals surface area contributed by atoms with E-state index < -0.39 is 0 Å². The van der Waals surface area contributed by atoms with E-state index >= 15 is 0 Å². The lowest BCUT2D eigenvalue weighted by Gasteiger charge is -2.19. The quantitative estimate of drug-likeness (QED) is 0.267. The van der Waals surface area contributed by atoms with Crippen LogP contribution in [-0.2, 0) is 4.74 Å². The SMILES string of the molecule is C=CCN(CCCCCCCCCCCC)CC1CO1.CCO. The van der Waals surface area contributed by atoms with Gasteiger partial charge in [-0.15, -0.1) is 6.58 Å². The smallest absolute Gasteiger partial charge is 0.0936 e. The van der Waals surface area contributed by atoms with Gasteiger partial charge in [0.2, 0.25) is 0 Å². The number of nitrogens with zero attached hydrogens (tertiary/aromatic N) is 1. The van der Waals surface area contributed by atoms with Gasteiger partial charge in [-0.2, -0.15) is 0 Å². The maximum Gasteiger partial charge on any atom is 0.0936 e. The average molecular weight is 328 g/mol. The van der Waals surface area contributed by atoms with E-state index in [1.807, 2.05) is 6.08 Å². The van der Waals surface area contributed by atoms with Gasteiger partial charge in [0, 0.05) is 19.7 Å². The second-order valence-electron chi connectivity index (χ2n) is 6.50. The number of unbranched alkanes of at least 4 members (excludes halogenated alkanes) is 9. The molecule has 1 N–H and O–H groups in total. The third-order valence-electron chi connectivity index (χ3n) is 4.08. The molecule has 3 heteroatoms. The van der Waals surface area contributed by atoms with Crippen molar-refractivity contribution in [1.29, 1.82) is 0 Å². The predicted octanol–water partition coefficient (Wildman–Crippen LogP) is 4.79. The molecule has 1 heterocycles. The Kier molecular flexibility index (Phi) is 17.7. The van der Waals surface area contributed by atoms with Gasteiger partial charge in [-0.1, -0.05) is 70.8 Å². The number of epoxide rings is 1. The lowest BCUT2D eigenvalue weighted by Crippen LogP contribution is -2.29. The standard InChI is InChI=1S/C18H35NO.C2H6O/c1-3-5-6-7-8-9-10-11-12-13-15-19(14-4-2)16-18-17-20-18;1-2-3/h4,18H,2-3,5-17H2,1H3;3H,2H2,1H3. The molecule has 3 nitrogen and oxygen atoms in total. The maximum absolute atomic E-state index is 7.57. The van der Waals surface area contributed by atoms with E-state index in [1.54, 1.807) is 6.92 Å². The summed E-state index contributed by atoms with van der Waals surface area (Å²) in [5, 5.41) is 7.57. The predicted molar refractivity (Wildman–Crippen MR) is 101 cm³/mol. The van der Waals surface area contributed by atoms with Gasteiger partial charge in [-0.3, -0.25) is 4.90 Å². The first-order valence-electron chi connectivity index (χ1n) is 9.84. The molecule has 0 aromatic carbocycles. The van der Waals surface area contributed by atoms with Crippen molar-refractivity contribution in [2.24, 2.45) is 0 Å². The van der Waals surface area contributed by atoms with Crippen molar-refractivity contribution >= 4 is 0 Å². The van der Waals surface area contributed by atoms with Crippen LogP contribution in [0.2, 0.25) is 0 Å². The molecule has 1 fully saturated rings. The van der Waals surface area contributed by atoms with Gasteiger partial charge >= 0.3 is 0 Å². The molecule has 1 aliphatic heterocycles. The molecule has 0 aromatic heterocycles. The summed E-state index contributed by atoms with van der Waals surface area (Å²) in [7, 11) is 0. The Hall–Kier alpha value is -0.380. The molecular formula is C20H41NO2. The minimum absolute atomic E-state index is 0.250. The highest BCUT2D eigenvalue weighted by atomic mass is 16.6. The van der Waals surface area contributed by atoms with Crippen molar-refractivity contribution in [3.8, 4) is 0 Å². The number of aliphatic hydroxyl groups excluding tert-OH is 1. The second kappa shape index (κ2) is 18.0. The van der Waals surface area contributed by atoms with Crippen LogP contribution in [0.3, 0.4) is 0 Å². The van der Waals surface area contributed by atoms with Crippen LogP contribution in [0.1, 0.15) is 78.1 Å². The first kappa shape index (κ1) is 22.6. The van der Waals surface area contributed by atoms with Crippen LogP contribution in [0.5, 0.6) is 0 Å². The van der Waals surface area contributed by atoms with Gasteiger partial charge in [-0.25, -0.2) is 0 Å². The molecule has 23 heavy (non-hydrogen) atoms. The fraction of sp³-hybridized carbons (Fsp3) is 0.900. The van der Waals surface area contributed by atoms with Crippen molar-refractivity contribution in [1.82, 2.24) is 4.90 Å². The van der Waals surface area contributed by atoms with Gasteiger partial charge in [0.05, 0.1) is 12.7 Å². The van der Waals surface area contributed by atoms with Crippen molar-refractivity contribution in [2.75, 3.05) is 32.8 Å². The second-order valence-corrected chi connectivity index (χ2v) is 6.50. The summed E-state index contributed by atoms with van der Waals surface area (Å²) in [6.07, 6.45) is 16.6. The highest BCUT2D eigenvalue weighted by Gasteiger charge is 2.24. The van der Waals surface area contributed by atoms with E-state index in [1.165, 1.54) is 70.8 Å². The molecule has 0 aliphatic carbocycles. The Morgan fingerprint density at radius 2 is 1.48 bits per heavy atom. The Balaban J connectivity index is 0.00000149. The van der Waals surface area contributed by atoms with E-state index in [0.29, 0.717) is 6.10 Å². The monoisotopic (exact) mass is 327 g/mol. The topological polar surface area (TPSA) is 36.0 Å². The van der Waals surface area contributed by atoms with Crippen LogP contribution in [0.4, 0.5) is 0 Å². The molecule has 1 saturated heterocycles. The molecular weight excluding hydrogens is 286 g/mol. The minimum atomic E-state index is 0.250. The molecule has 0 bridgehead atoms. The molecule has 0 aromatic rings. The fourth-order valence-electron chi connectivity index (χ4n) is 2.72. The third kappa shape index (κ3) is 17.8. The van der Waals surface area contributed by atoms with Crippen LogP contribution in [-0.4, -0.2) is 49.0 Å². The van der Waals surface area contributed by atoms with Crippen LogP contribution < -0.4 is 0 Å². The van der Waals surface area contributed by atoms with Crippen LogP contribution in [0.15, 0.2) is 12.7 Å². The van der Waals surface area contributed by atoms with Crippen LogP contribution >= 0.6 is 0 Å². The number of hydrogen-bond donors (Lipinski definition) is 1. The zero-order chi connectivity index (χ0) is 17.2. The summed E-state index contributed by atoms with van der Waals surface area (Å²) < 4.78 is 5.31.